The maximum atomic E-state index is 13.7. The molecular weight excluding hydrogens is 410 g/mol. The Bertz CT molecular complexity index is 1400. The van der Waals surface area contributed by atoms with Crippen LogP contribution in [0.5, 0.6) is 0 Å². The van der Waals surface area contributed by atoms with E-state index in [1.807, 2.05) is 95.3 Å². The lowest BCUT2D eigenvalue weighted by Crippen LogP contribution is -2.37. The summed E-state index contributed by atoms with van der Waals surface area (Å²) < 4.78 is 1.66. The van der Waals surface area contributed by atoms with Crippen molar-refractivity contribution >= 4 is 16.8 Å². The first kappa shape index (κ1) is 22.5. The normalized spacial score (nSPS) is 12.0. The summed E-state index contributed by atoms with van der Waals surface area (Å²) in [6.07, 6.45) is 0. The van der Waals surface area contributed by atoms with E-state index in [0.717, 1.165) is 22.4 Å². The summed E-state index contributed by atoms with van der Waals surface area (Å²) in [6.45, 7) is 10.4. The van der Waals surface area contributed by atoms with Crippen molar-refractivity contribution in [2.75, 3.05) is 6.54 Å². The van der Waals surface area contributed by atoms with Crippen LogP contribution in [0.4, 0.5) is 0 Å². The van der Waals surface area contributed by atoms with E-state index in [-0.39, 0.29) is 11.5 Å². The van der Waals surface area contributed by atoms with Crippen molar-refractivity contribution in [1.29, 1.82) is 0 Å². The molecule has 0 N–H and O–H groups in total. The Labute approximate surface area is 194 Å². The number of aryl methyl sites for hydroxylation is 3. The number of amides is 1. The fourth-order valence-electron chi connectivity index (χ4n) is 4.24. The van der Waals surface area contributed by atoms with E-state index in [0.29, 0.717) is 28.8 Å². The van der Waals surface area contributed by atoms with Gasteiger partial charge in [-0.2, -0.15) is 0 Å². The fourth-order valence-corrected chi connectivity index (χ4v) is 4.24. The maximum Gasteiger partial charge on any atom is 0.266 e. The molecule has 1 unspecified atom stereocenters. The minimum absolute atomic E-state index is 0.0721. The number of carbonyl (C=O) groups is 1. The number of hydrogen-bond donors (Lipinski definition) is 0. The van der Waals surface area contributed by atoms with E-state index in [2.05, 4.69) is 0 Å². The first-order chi connectivity index (χ1) is 15.8. The highest BCUT2D eigenvalue weighted by atomic mass is 16.2. The van der Waals surface area contributed by atoms with Crippen LogP contribution in [0.1, 0.15) is 52.8 Å². The molecule has 0 bridgehead atoms. The van der Waals surface area contributed by atoms with Crippen molar-refractivity contribution in [3.05, 3.63) is 105 Å². The van der Waals surface area contributed by atoms with E-state index < -0.39 is 6.04 Å². The highest BCUT2D eigenvalue weighted by molar-refractivity contribution is 5.95. The molecule has 0 spiro atoms. The molecule has 5 nitrogen and oxygen atoms in total. The Hall–Kier alpha value is -3.73. The van der Waals surface area contributed by atoms with Crippen LogP contribution in [0.25, 0.3) is 16.6 Å². The standard InChI is InChI=1S/C28H29N3O2/c1-6-30(27(32)23-12-8-7-11-19(23)3)21(5)26-29-25-14-10-9-13-24(25)28(33)31(26)22-16-15-18(2)20(4)17-22/h7-17,21H,6H2,1-5H3. The summed E-state index contributed by atoms with van der Waals surface area (Å²) in [5, 5.41) is 0.556. The van der Waals surface area contributed by atoms with Crippen molar-refractivity contribution in [3.8, 4) is 5.69 Å². The van der Waals surface area contributed by atoms with Gasteiger partial charge in [0.05, 0.1) is 22.6 Å². The van der Waals surface area contributed by atoms with Gasteiger partial charge in [-0.1, -0.05) is 36.4 Å². The number of benzene rings is 3. The molecule has 0 saturated carbocycles. The largest absolute Gasteiger partial charge is 0.329 e. The van der Waals surface area contributed by atoms with Gasteiger partial charge in [0.25, 0.3) is 11.5 Å². The summed E-state index contributed by atoms with van der Waals surface area (Å²) in [5.41, 5.74) is 5.07. The molecule has 1 amide bonds. The molecule has 0 aliphatic carbocycles. The second-order valence-electron chi connectivity index (χ2n) is 8.48. The lowest BCUT2D eigenvalue weighted by atomic mass is 10.1. The molecule has 5 heteroatoms. The second-order valence-corrected chi connectivity index (χ2v) is 8.48. The Balaban J connectivity index is 1.93. The molecule has 33 heavy (non-hydrogen) atoms. The van der Waals surface area contributed by atoms with E-state index in [1.54, 1.807) is 15.5 Å². The Kier molecular flexibility index (Phi) is 6.14. The highest BCUT2D eigenvalue weighted by Gasteiger charge is 2.27. The predicted molar refractivity (Wildman–Crippen MR) is 133 cm³/mol. The first-order valence-corrected chi connectivity index (χ1v) is 11.3. The van der Waals surface area contributed by atoms with Crippen LogP contribution in [0.3, 0.4) is 0 Å². The molecule has 168 valence electrons. The van der Waals surface area contributed by atoms with Gasteiger partial charge in [-0.25, -0.2) is 4.98 Å². The number of rotatable bonds is 5. The third kappa shape index (κ3) is 4.07. The van der Waals surface area contributed by atoms with Crippen molar-refractivity contribution in [2.24, 2.45) is 0 Å². The van der Waals surface area contributed by atoms with Crippen LogP contribution >= 0.6 is 0 Å². The predicted octanol–water partition coefficient (Wildman–Crippen LogP) is 5.53. The van der Waals surface area contributed by atoms with Gasteiger partial charge >= 0.3 is 0 Å². The molecule has 0 aliphatic rings. The lowest BCUT2D eigenvalue weighted by molar-refractivity contribution is 0.0692. The zero-order chi connectivity index (χ0) is 23.7. The average molecular weight is 440 g/mol. The summed E-state index contributed by atoms with van der Waals surface area (Å²) in [7, 11) is 0. The van der Waals surface area contributed by atoms with Gasteiger partial charge in [-0.3, -0.25) is 14.2 Å². The molecule has 3 aromatic carbocycles. The van der Waals surface area contributed by atoms with Gasteiger partial charge < -0.3 is 4.90 Å². The summed E-state index contributed by atoms with van der Waals surface area (Å²) in [4.78, 5) is 33.9. The monoisotopic (exact) mass is 439 g/mol. The Morgan fingerprint density at radius 2 is 1.64 bits per heavy atom. The third-order valence-electron chi connectivity index (χ3n) is 6.37. The van der Waals surface area contributed by atoms with Gasteiger partial charge in [0.1, 0.15) is 5.82 Å². The van der Waals surface area contributed by atoms with Gasteiger partial charge in [0, 0.05) is 12.1 Å². The number of fused-ring (bicyclic) bond motifs is 1. The van der Waals surface area contributed by atoms with E-state index in [9.17, 15) is 9.59 Å². The summed E-state index contributed by atoms with van der Waals surface area (Å²) in [6, 6.07) is 20.5. The Morgan fingerprint density at radius 3 is 2.33 bits per heavy atom. The molecule has 1 atom stereocenters. The summed E-state index contributed by atoms with van der Waals surface area (Å²) >= 11 is 0. The van der Waals surface area contributed by atoms with Crippen molar-refractivity contribution in [1.82, 2.24) is 14.5 Å². The lowest BCUT2D eigenvalue weighted by Gasteiger charge is -2.30. The smallest absolute Gasteiger partial charge is 0.266 e. The van der Waals surface area contributed by atoms with Crippen LogP contribution in [0, 0.1) is 20.8 Å². The number of para-hydroxylation sites is 1. The minimum Gasteiger partial charge on any atom is -0.329 e. The number of hydrogen-bond acceptors (Lipinski definition) is 3. The molecule has 1 heterocycles. The van der Waals surface area contributed by atoms with Crippen molar-refractivity contribution < 1.29 is 4.79 Å². The quantitative estimate of drug-likeness (QED) is 0.411. The maximum absolute atomic E-state index is 13.7. The number of aromatic nitrogens is 2. The van der Waals surface area contributed by atoms with Gasteiger partial charge in [0.2, 0.25) is 0 Å². The molecule has 0 fully saturated rings. The zero-order valence-corrected chi connectivity index (χ0v) is 19.8. The molecule has 0 radical (unpaired) electrons. The van der Waals surface area contributed by atoms with E-state index in [4.69, 9.17) is 4.98 Å². The van der Waals surface area contributed by atoms with Gasteiger partial charge in [0.15, 0.2) is 0 Å². The average Bonchev–Trinajstić information content (AvgIpc) is 2.81. The van der Waals surface area contributed by atoms with Crippen LogP contribution in [-0.4, -0.2) is 26.9 Å². The SMILES string of the molecule is CCN(C(=O)c1ccccc1C)C(C)c1nc2ccccc2c(=O)n1-c1ccc(C)c(C)c1. The van der Waals surface area contributed by atoms with Crippen molar-refractivity contribution in [2.45, 2.75) is 40.7 Å². The molecule has 0 aliphatic heterocycles. The topological polar surface area (TPSA) is 55.2 Å². The first-order valence-electron chi connectivity index (χ1n) is 11.3. The van der Waals surface area contributed by atoms with Crippen LogP contribution < -0.4 is 5.56 Å². The summed E-state index contributed by atoms with van der Waals surface area (Å²) in [5.74, 6) is 0.475. The second kappa shape index (κ2) is 9.02. The number of carbonyl (C=O) groups excluding carboxylic acids is 1. The molecular formula is C28H29N3O2. The molecule has 1 aromatic heterocycles. The minimum atomic E-state index is -0.416. The fraction of sp³-hybridized carbons (Fsp3) is 0.250. The van der Waals surface area contributed by atoms with Crippen molar-refractivity contribution in [3.63, 3.8) is 0 Å². The molecule has 4 rings (SSSR count). The molecule has 4 aromatic rings. The highest BCUT2D eigenvalue weighted by Crippen LogP contribution is 2.25. The van der Waals surface area contributed by atoms with Gasteiger partial charge in [-0.05, 0) is 81.6 Å². The van der Waals surface area contributed by atoms with Gasteiger partial charge in [-0.15, -0.1) is 0 Å². The van der Waals surface area contributed by atoms with E-state index in [1.165, 1.54) is 0 Å². The Morgan fingerprint density at radius 1 is 0.939 bits per heavy atom. The van der Waals surface area contributed by atoms with Crippen LogP contribution in [-0.2, 0) is 0 Å². The zero-order valence-electron chi connectivity index (χ0n) is 19.8. The van der Waals surface area contributed by atoms with E-state index >= 15 is 0 Å². The third-order valence-corrected chi connectivity index (χ3v) is 6.37. The number of nitrogens with zero attached hydrogens (tertiary/aromatic N) is 3. The molecule has 0 saturated heterocycles. The van der Waals surface area contributed by atoms with Crippen LogP contribution in [0.2, 0.25) is 0 Å². The van der Waals surface area contributed by atoms with Crippen LogP contribution in [0.15, 0.2) is 71.5 Å².